The van der Waals surface area contributed by atoms with Gasteiger partial charge in [-0.25, -0.2) is 4.79 Å². The van der Waals surface area contributed by atoms with Crippen LogP contribution in [0.3, 0.4) is 0 Å². The lowest BCUT2D eigenvalue weighted by molar-refractivity contribution is -0.144. The summed E-state index contributed by atoms with van der Waals surface area (Å²) in [5.41, 5.74) is 1.58. The number of hydrogen-bond acceptors (Lipinski definition) is 3. The maximum Gasteiger partial charge on any atom is 0.328 e. The zero-order valence-electron chi connectivity index (χ0n) is 15.1. The Labute approximate surface area is 148 Å². The van der Waals surface area contributed by atoms with Gasteiger partial charge in [0.1, 0.15) is 6.04 Å². The molecule has 134 valence electrons. The highest BCUT2D eigenvalue weighted by Gasteiger charge is 2.26. The number of fused-ring (bicyclic) bond motifs is 1. The maximum atomic E-state index is 12.8. The monoisotopic (exact) mass is 342 g/mol. The first-order valence-corrected chi connectivity index (χ1v) is 8.57. The molecule has 1 amide bonds. The first-order valence-electron chi connectivity index (χ1n) is 8.57. The molecule has 0 saturated carbocycles. The summed E-state index contributed by atoms with van der Waals surface area (Å²) in [5, 5.41) is 3.69. The van der Waals surface area contributed by atoms with Crippen LogP contribution in [-0.4, -0.2) is 29.6 Å². The Bertz CT molecular complexity index is 761. The number of para-hydroxylation sites is 1. The van der Waals surface area contributed by atoms with Crippen LogP contribution in [0.1, 0.15) is 37.0 Å². The molecule has 1 N–H and O–H groups in total. The summed E-state index contributed by atoms with van der Waals surface area (Å²) in [7, 11) is 1.33. The van der Waals surface area contributed by atoms with Crippen LogP contribution in [0.4, 0.5) is 0 Å². The van der Waals surface area contributed by atoms with Crippen molar-refractivity contribution >= 4 is 22.8 Å². The second kappa shape index (κ2) is 8.51. The van der Waals surface area contributed by atoms with Crippen molar-refractivity contribution in [3.63, 3.8) is 0 Å². The van der Waals surface area contributed by atoms with Gasteiger partial charge in [0.15, 0.2) is 0 Å². The molecule has 0 aliphatic heterocycles. The van der Waals surface area contributed by atoms with Crippen LogP contribution in [0.25, 0.3) is 10.9 Å². The number of aromatic nitrogens is 1. The van der Waals surface area contributed by atoms with Crippen LogP contribution in [0, 0.1) is 5.92 Å². The number of esters is 1. The molecule has 1 aromatic heterocycles. The molecule has 0 aliphatic carbocycles. The number of hydrogen-bond donors (Lipinski definition) is 1. The van der Waals surface area contributed by atoms with Crippen molar-refractivity contribution < 1.29 is 14.3 Å². The Hall–Kier alpha value is -2.56. The van der Waals surface area contributed by atoms with E-state index in [9.17, 15) is 9.59 Å². The molecule has 5 heteroatoms. The molecule has 5 nitrogen and oxygen atoms in total. The van der Waals surface area contributed by atoms with Crippen molar-refractivity contribution in [1.29, 1.82) is 0 Å². The molecule has 1 heterocycles. The smallest absolute Gasteiger partial charge is 0.328 e. The van der Waals surface area contributed by atoms with Crippen LogP contribution in [-0.2, 0) is 16.1 Å². The van der Waals surface area contributed by atoms with Crippen molar-refractivity contribution in [2.24, 2.45) is 5.92 Å². The minimum absolute atomic E-state index is 0.0580. The maximum absolute atomic E-state index is 12.8. The molecule has 0 fully saturated rings. The van der Waals surface area contributed by atoms with Crippen molar-refractivity contribution in [2.75, 3.05) is 7.11 Å². The van der Waals surface area contributed by atoms with Gasteiger partial charge < -0.3 is 14.6 Å². The lowest BCUT2D eigenvalue weighted by atomic mass is 10.0. The summed E-state index contributed by atoms with van der Waals surface area (Å²) < 4.78 is 6.88. The second-order valence-corrected chi connectivity index (χ2v) is 6.40. The van der Waals surface area contributed by atoms with E-state index in [2.05, 4.69) is 16.5 Å². The number of rotatable bonds is 8. The van der Waals surface area contributed by atoms with Gasteiger partial charge in [-0.05, 0) is 24.8 Å². The first-order chi connectivity index (χ1) is 12.0. The molecule has 2 aromatic rings. The van der Waals surface area contributed by atoms with Gasteiger partial charge in [0.25, 0.3) is 5.91 Å². The van der Waals surface area contributed by atoms with Gasteiger partial charge in [0.2, 0.25) is 0 Å². The van der Waals surface area contributed by atoms with Gasteiger partial charge >= 0.3 is 5.97 Å². The number of nitrogens with one attached hydrogen (secondary N) is 1. The van der Waals surface area contributed by atoms with E-state index < -0.39 is 12.0 Å². The number of methoxy groups -OCH3 is 1. The third kappa shape index (κ3) is 4.29. The van der Waals surface area contributed by atoms with Crippen molar-refractivity contribution in [3.05, 3.63) is 48.7 Å². The molecule has 2 rings (SSSR count). The summed E-state index contributed by atoms with van der Waals surface area (Å²) >= 11 is 0. The van der Waals surface area contributed by atoms with Gasteiger partial charge in [0.05, 0.1) is 12.7 Å². The summed E-state index contributed by atoms with van der Waals surface area (Å²) in [6.45, 7) is 8.30. The summed E-state index contributed by atoms with van der Waals surface area (Å²) in [5.74, 6) is -0.752. The van der Waals surface area contributed by atoms with Gasteiger partial charge in [-0.3, -0.25) is 4.79 Å². The predicted molar refractivity (Wildman–Crippen MR) is 99.5 cm³/mol. The third-order valence-electron chi connectivity index (χ3n) is 4.25. The zero-order chi connectivity index (χ0) is 18.4. The van der Waals surface area contributed by atoms with Crippen molar-refractivity contribution in [2.45, 2.75) is 39.3 Å². The topological polar surface area (TPSA) is 60.3 Å². The molecule has 0 spiro atoms. The molecule has 0 saturated heterocycles. The molecule has 0 bridgehead atoms. The molecular weight excluding hydrogens is 316 g/mol. The van der Waals surface area contributed by atoms with Gasteiger partial charge in [0, 0.05) is 23.6 Å². The fourth-order valence-corrected chi connectivity index (χ4v) is 2.86. The third-order valence-corrected chi connectivity index (χ3v) is 4.25. The number of carbonyl (C=O) groups is 2. The molecular formula is C20H26N2O3. The molecule has 1 atom stereocenters. The Balaban J connectivity index is 2.31. The van der Waals surface area contributed by atoms with E-state index in [1.807, 2.05) is 50.4 Å². The second-order valence-electron chi connectivity index (χ2n) is 6.40. The number of unbranched alkanes of at least 4 members (excludes halogenated alkanes) is 1. The van der Waals surface area contributed by atoms with E-state index >= 15 is 0 Å². The standard InChI is InChI=1S/C20H26N2O3/c1-5-6-9-12-22-13-16(15-10-7-8-11-17(15)22)19(23)21-18(14(2)3)20(24)25-4/h5,7-8,10-11,13-14,18H,1,6,9,12H2,2-4H3,(H,21,23)/t18-/m0/s1. The van der Waals surface area contributed by atoms with Gasteiger partial charge in [-0.2, -0.15) is 0 Å². The zero-order valence-corrected chi connectivity index (χ0v) is 15.1. The van der Waals surface area contributed by atoms with Gasteiger partial charge in [-0.1, -0.05) is 38.1 Å². The lowest BCUT2D eigenvalue weighted by Crippen LogP contribution is -2.45. The normalized spacial score (nSPS) is 12.2. The highest BCUT2D eigenvalue weighted by Crippen LogP contribution is 2.22. The van der Waals surface area contributed by atoms with E-state index in [0.717, 1.165) is 30.3 Å². The molecule has 1 aromatic carbocycles. The van der Waals surface area contributed by atoms with E-state index in [1.165, 1.54) is 7.11 Å². The fourth-order valence-electron chi connectivity index (χ4n) is 2.86. The van der Waals surface area contributed by atoms with E-state index in [1.54, 1.807) is 0 Å². The molecule has 0 radical (unpaired) electrons. The first kappa shape index (κ1) is 18.8. The Morgan fingerprint density at radius 1 is 1.32 bits per heavy atom. The van der Waals surface area contributed by atoms with Crippen molar-refractivity contribution in [3.8, 4) is 0 Å². The minimum Gasteiger partial charge on any atom is -0.467 e. The Kier molecular flexibility index (Phi) is 6.39. The quantitative estimate of drug-likeness (QED) is 0.453. The SMILES string of the molecule is C=CCCCn1cc(C(=O)N[C@H](C(=O)OC)C(C)C)c2ccccc21. The van der Waals surface area contributed by atoms with Crippen LogP contribution in [0.15, 0.2) is 43.1 Å². The van der Waals surface area contributed by atoms with Crippen molar-refractivity contribution in [1.82, 2.24) is 9.88 Å². The number of aryl methyl sites for hydroxylation is 1. The highest BCUT2D eigenvalue weighted by molar-refractivity contribution is 6.08. The van der Waals surface area contributed by atoms with Gasteiger partial charge in [-0.15, -0.1) is 6.58 Å². The number of allylic oxidation sites excluding steroid dienone is 1. The number of nitrogens with zero attached hydrogens (tertiary/aromatic N) is 1. The van der Waals surface area contributed by atoms with Crippen LogP contribution >= 0.6 is 0 Å². The van der Waals surface area contributed by atoms with E-state index in [-0.39, 0.29) is 11.8 Å². The highest BCUT2D eigenvalue weighted by atomic mass is 16.5. The average Bonchev–Trinajstić information content (AvgIpc) is 2.98. The van der Waals surface area contributed by atoms with Crippen LogP contribution < -0.4 is 5.32 Å². The van der Waals surface area contributed by atoms with Crippen LogP contribution in [0.2, 0.25) is 0 Å². The largest absolute Gasteiger partial charge is 0.467 e. The molecule has 25 heavy (non-hydrogen) atoms. The summed E-state index contributed by atoms with van der Waals surface area (Å²) in [4.78, 5) is 24.7. The number of benzene rings is 1. The number of carbonyl (C=O) groups excluding carboxylic acids is 2. The predicted octanol–water partition coefficient (Wildman–Crippen LogP) is 3.53. The van der Waals surface area contributed by atoms with E-state index in [4.69, 9.17) is 4.74 Å². The summed E-state index contributed by atoms with van der Waals surface area (Å²) in [6, 6.07) is 7.13. The fraction of sp³-hybridized carbons (Fsp3) is 0.400. The average molecular weight is 342 g/mol. The number of amides is 1. The molecule has 0 aliphatic rings. The lowest BCUT2D eigenvalue weighted by Gasteiger charge is -2.19. The molecule has 0 unspecified atom stereocenters. The summed E-state index contributed by atoms with van der Waals surface area (Å²) in [6.07, 6.45) is 5.63. The Morgan fingerprint density at radius 3 is 2.68 bits per heavy atom. The Morgan fingerprint density at radius 2 is 2.04 bits per heavy atom. The number of ether oxygens (including phenoxy) is 1. The van der Waals surface area contributed by atoms with E-state index in [0.29, 0.717) is 5.56 Å². The minimum atomic E-state index is -0.666. The van der Waals surface area contributed by atoms with Crippen LogP contribution in [0.5, 0.6) is 0 Å².